The molecule has 0 radical (unpaired) electrons. The Labute approximate surface area is 136 Å². The highest BCUT2D eigenvalue weighted by molar-refractivity contribution is 14.0. The van der Waals surface area contributed by atoms with Crippen molar-refractivity contribution in [3.8, 4) is 23.7 Å². The van der Waals surface area contributed by atoms with Gasteiger partial charge in [0.25, 0.3) is 0 Å². The van der Waals surface area contributed by atoms with Crippen molar-refractivity contribution in [2.24, 2.45) is 22.3 Å². The highest BCUT2D eigenvalue weighted by Crippen LogP contribution is 2.44. The first-order valence-electron chi connectivity index (χ1n) is 6.55. The van der Waals surface area contributed by atoms with E-state index in [2.05, 4.69) is 51.4 Å². The number of hydrogen-bond donors (Lipinski definition) is 2. The summed E-state index contributed by atoms with van der Waals surface area (Å²) in [7, 11) is 0. The fourth-order valence-corrected chi connectivity index (χ4v) is 1.45. The monoisotopic (exact) mass is 376 g/mol. The van der Waals surface area contributed by atoms with E-state index < -0.39 is 0 Å². The van der Waals surface area contributed by atoms with E-state index in [0.29, 0.717) is 6.54 Å². The van der Waals surface area contributed by atoms with Crippen LogP contribution in [0.5, 0.6) is 0 Å². The van der Waals surface area contributed by atoms with Crippen molar-refractivity contribution < 1.29 is 0 Å². The summed E-state index contributed by atoms with van der Waals surface area (Å²) in [4.78, 5) is 0. The first kappa shape index (κ1) is 21.1. The molecule has 0 aromatic carbocycles. The summed E-state index contributed by atoms with van der Waals surface area (Å²) in [5, 5.41) is 0. The minimum Gasteiger partial charge on any atom is -0.330 e. The summed E-state index contributed by atoms with van der Waals surface area (Å²) in [5.41, 5.74) is 11.1. The second kappa shape index (κ2) is 8.15. The highest BCUT2D eigenvalue weighted by atomic mass is 127. The Morgan fingerprint density at radius 1 is 0.947 bits per heavy atom. The van der Waals surface area contributed by atoms with Crippen molar-refractivity contribution in [3.63, 3.8) is 0 Å². The van der Waals surface area contributed by atoms with Crippen molar-refractivity contribution in [2.75, 3.05) is 6.54 Å². The lowest BCUT2D eigenvalue weighted by Gasteiger charge is -2.47. The van der Waals surface area contributed by atoms with Crippen LogP contribution in [0.4, 0.5) is 0 Å². The van der Waals surface area contributed by atoms with Crippen molar-refractivity contribution >= 4 is 24.0 Å². The average molecular weight is 376 g/mol. The number of halogens is 1. The maximum atomic E-state index is 6.25. The zero-order valence-corrected chi connectivity index (χ0v) is 15.5. The van der Waals surface area contributed by atoms with E-state index in [9.17, 15) is 0 Å². The quantitative estimate of drug-likeness (QED) is 0.450. The lowest BCUT2D eigenvalue weighted by molar-refractivity contribution is 0.0820. The number of nitrogens with two attached hydrogens (primary N) is 2. The Bertz CT molecular complexity index is 381. The molecule has 4 N–H and O–H groups in total. The summed E-state index contributed by atoms with van der Waals surface area (Å²) in [6, 6.07) is 0. The third kappa shape index (κ3) is 6.17. The molecule has 0 rings (SSSR count). The van der Waals surface area contributed by atoms with Crippen molar-refractivity contribution in [1.29, 1.82) is 0 Å². The zero-order valence-electron chi connectivity index (χ0n) is 13.2. The Hall–Kier alpha value is -0.230. The molecule has 19 heavy (non-hydrogen) atoms. The lowest BCUT2D eigenvalue weighted by atomic mass is 9.59. The van der Waals surface area contributed by atoms with Crippen LogP contribution in [0.15, 0.2) is 0 Å². The van der Waals surface area contributed by atoms with Gasteiger partial charge in [-0.2, -0.15) is 0 Å². The molecule has 0 saturated heterocycles. The van der Waals surface area contributed by atoms with E-state index in [1.165, 1.54) is 0 Å². The van der Waals surface area contributed by atoms with Gasteiger partial charge in [-0.25, -0.2) is 0 Å². The third-order valence-corrected chi connectivity index (χ3v) is 4.21. The summed E-state index contributed by atoms with van der Waals surface area (Å²) < 4.78 is 0. The molecule has 0 aliphatic carbocycles. The van der Waals surface area contributed by atoms with Gasteiger partial charge in [0, 0.05) is 17.4 Å². The van der Waals surface area contributed by atoms with Crippen LogP contribution < -0.4 is 11.5 Å². The van der Waals surface area contributed by atoms with Crippen LogP contribution in [-0.2, 0) is 0 Å². The van der Waals surface area contributed by atoms with Crippen LogP contribution in [0, 0.1) is 34.5 Å². The molecule has 3 heteroatoms. The Morgan fingerprint density at radius 2 is 1.47 bits per heavy atom. The maximum absolute atomic E-state index is 6.25. The summed E-state index contributed by atoms with van der Waals surface area (Å²) in [6.07, 6.45) is 1.75. The third-order valence-electron chi connectivity index (χ3n) is 4.21. The van der Waals surface area contributed by atoms with E-state index in [-0.39, 0.29) is 40.3 Å². The topological polar surface area (TPSA) is 52.0 Å². The molecule has 0 amide bonds. The van der Waals surface area contributed by atoms with Gasteiger partial charge in [0.2, 0.25) is 0 Å². The Balaban J connectivity index is 0. The maximum Gasteiger partial charge on any atom is 0.0336 e. The first-order chi connectivity index (χ1) is 8.06. The smallest absolute Gasteiger partial charge is 0.0336 e. The second-order valence-electron chi connectivity index (χ2n) is 6.42. The van der Waals surface area contributed by atoms with Gasteiger partial charge in [0.15, 0.2) is 0 Å². The molecule has 0 saturated carbocycles. The molecule has 2 nitrogen and oxygen atoms in total. The molecule has 0 bridgehead atoms. The number of rotatable bonds is 4. The van der Waals surface area contributed by atoms with Crippen LogP contribution in [-0.4, -0.2) is 12.1 Å². The van der Waals surface area contributed by atoms with Gasteiger partial charge in [-0.1, -0.05) is 25.7 Å². The van der Waals surface area contributed by atoms with E-state index in [0.717, 1.165) is 12.8 Å². The fourth-order valence-electron chi connectivity index (χ4n) is 1.45. The number of hydrogen-bond acceptors (Lipinski definition) is 2. The van der Waals surface area contributed by atoms with Gasteiger partial charge in [-0.15, -0.1) is 24.0 Å². The van der Waals surface area contributed by atoms with Crippen LogP contribution in [0.1, 0.15) is 54.4 Å². The SMILES string of the molecule is CC(C)(N)C(C)(C)C(C)(C)C#CC#CCCCN.I. The lowest BCUT2D eigenvalue weighted by Crippen LogP contribution is -2.54. The normalized spacial score (nSPS) is 11.6. The molecule has 0 fully saturated rings. The number of unbranched alkanes of at least 4 members (excludes halogenated alkanes) is 1. The van der Waals surface area contributed by atoms with Gasteiger partial charge in [0.05, 0.1) is 0 Å². The Morgan fingerprint density at radius 3 is 1.89 bits per heavy atom. The largest absolute Gasteiger partial charge is 0.330 e. The molecular formula is C16H29IN2. The van der Waals surface area contributed by atoms with Gasteiger partial charge >= 0.3 is 0 Å². The van der Waals surface area contributed by atoms with Crippen LogP contribution in [0.3, 0.4) is 0 Å². The van der Waals surface area contributed by atoms with Gasteiger partial charge in [0.1, 0.15) is 0 Å². The van der Waals surface area contributed by atoms with Crippen molar-refractivity contribution in [3.05, 3.63) is 0 Å². The molecule has 110 valence electrons. The van der Waals surface area contributed by atoms with Gasteiger partial charge in [-0.05, 0) is 57.9 Å². The van der Waals surface area contributed by atoms with Crippen LogP contribution >= 0.6 is 24.0 Å². The molecule has 0 aliphatic rings. The summed E-state index contributed by atoms with van der Waals surface area (Å²) in [6.45, 7) is 13.3. The molecule has 0 spiro atoms. The predicted octanol–water partition coefficient (Wildman–Crippen LogP) is 3.14. The molecule has 0 aromatic rings. The Kier molecular flexibility index (Phi) is 9.03. The van der Waals surface area contributed by atoms with Crippen LogP contribution in [0.2, 0.25) is 0 Å². The van der Waals surface area contributed by atoms with Gasteiger partial charge < -0.3 is 11.5 Å². The van der Waals surface area contributed by atoms with E-state index >= 15 is 0 Å². The first-order valence-corrected chi connectivity index (χ1v) is 6.55. The van der Waals surface area contributed by atoms with E-state index in [4.69, 9.17) is 11.5 Å². The predicted molar refractivity (Wildman–Crippen MR) is 95.1 cm³/mol. The molecule has 0 aliphatic heterocycles. The average Bonchev–Trinajstić information content (AvgIpc) is 2.21. The highest BCUT2D eigenvalue weighted by Gasteiger charge is 2.45. The van der Waals surface area contributed by atoms with Crippen LogP contribution in [0.25, 0.3) is 0 Å². The summed E-state index contributed by atoms with van der Waals surface area (Å²) in [5.74, 6) is 12.1. The molecule has 0 heterocycles. The molecular weight excluding hydrogens is 347 g/mol. The second-order valence-corrected chi connectivity index (χ2v) is 6.42. The van der Waals surface area contributed by atoms with Gasteiger partial charge in [-0.3, -0.25) is 0 Å². The fraction of sp³-hybridized carbons (Fsp3) is 0.750. The van der Waals surface area contributed by atoms with E-state index in [1.54, 1.807) is 0 Å². The standard InChI is InChI=1S/C16H28N2.HI/c1-14(2,15(3,4)16(5,6)18)12-10-8-7-9-11-13-17;/h9,11,13,17-18H2,1-6H3;1H. The van der Waals surface area contributed by atoms with Crippen molar-refractivity contribution in [1.82, 2.24) is 0 Å². The van der Waals surface area contributed by atoms with Crippen molar-refractivity contribution in [2.45, 2.75) is 59.9 Å². The minimum absolute atomic E-state index is 0. The minimum atomic E-state index is -0.293. The zero-order chi connectivity index (χ0) is 14.4. The molecule has 0 atom stereocenters. The molecule has 0 unspecified atom stereocenters. The molecule has 0 aromatic heterocycles. The summed E-state index contributed by atoms with van der Waals surface area (Å²) >= 11 is 0. The van der Waals surface area contributed by atoms with E-state index in [1.807, 2.05) is 13.8 Å².